The van der Waals surface area contributed by atoms with Crippen LogP contribution < -0.4 is 10.1 Å². The number of aromatic nitrogens is 1. The summed E-state index contributed by atoms with van der Waals surface area (Å²) in [5, 5.41) is 3.39. The molecule has 0 bridgehead atoms. The lowest BCUT2D eigenvalue weighted by Crippen LogP contribution is -2.27. The number of nitrogens with one attached hydrogen (secondary N) is 1. The molecule has 1 aromatic carbocycles. The van der Waals surface area contributed by atoms with Gasteiger partial charge in [-0.1, -0.05) is 17.7 Å². The van der Waals surface area contributed by atoms with Gasteiger partial charge in [0.05, 0.1) is 5.69 Å². The van der Waals surface area contributed by atoms with E-state index in [4.69, 9.17) is 4.74 Å². The number of aryl methyl sites for hydroxylation is 1. The van der Waals surface area contributed by atoms with Crippen molar-refractivity contribution in [2.45, 2.75) is 25.5 Å². The Hall–Kier alpha value is -0.910. The van der Waals surface area contributed by atoms with Gasteiger partial charge in [0.15, 0.2) is 0 Å². The number of hydrogen-bond donors (Lipinski definition) is 1. The van der Waals surface area contributed by atoms with Crippen LogP contribution in [0.1, 0.15) is 35.4 Å². The highest BCUT2D eigenvalue weighted by atomic mass is 79.9. The monoisotopic (exact) mass is 410 g/mol. The highest BCUT2D eigenvalue weighted by Gasteiger charge is 2.30. The summed E-state index contributed by atoms with van der Waals surface area (Å²) in [4.78, 5) is 4.51. The van der Waals surface area contributed by atoms with E-state index < -0.39 is 0 Å². The van der Waals surface area contributed by atoms with Crippen molar-refractivity contribution in [1.29, 1.82) is 0 Å². The SMILES string of the molecule is CNC1CC(c2ncc(Br)cc2Br)Oc2ccc(C)cc21. The minimum Gasteiger partial charge on any atom is -0.484 e. The van der Waals surface area contributed by atoms with Crippen molar-refractivity contribution in [2.75, 3.05) is 7.05 Å². The van der Waals surface area contributed by atoms with E-state index in [0.717, 1.165) is 26.8 Å². The van der Waals surface area contributed by atoms with Gasteiger partial charge in [0.1, 0.15) is 11.9 Å². The molecule has 1 aliphatic heterocycles. The Bertz CT molecular complexity index is 675. The first kappa shape index (κ1) is 15.0. The number of benzene rings is 1. The first-order valence-corrected chi connectivity index (χ1v) is 8.42. The molecule has 2 unspecified atom stereocenters. The number of nitrogens with zero attached hydrogens (tertiary/aromatic N) is 1. The molecule has 0 spiro atoms. The molecule has 0 fully saturated rings. The van der Waals surface area contributed by atoms with Crippen LogP contribution >= 0.6 is 31.9 Å². The van der Waals surface area contributed by atoms with Crippen molar-refractivity contribution in [3.8, 4) is 5.75 Å². The minimum absolute atomic E-state index is 0.0554. The molecule has 3 rings (SSSR count). The smallest absolute Gasteiger partial charge is 0.143 e. The van der Waals surface area contributed by atoms with E-state index in [9.17, 15) is 0 Å². The lowest BCUT2D eigenvalue weighted by Gasteiger charge is -2.32. The quantitative estimate of drug-likeness (QED) is 0.777. The topological polar surface area (TPSA) is 34.2 Å². The number of ether oxygens (including phenoxy) is 1. The number of fused-ring (bicyclic) bond motifs is 1. The number of hydrogen-bond acceptors (Lipinski definition) is 3. The normalized spacial score (nSPS) is 20.8. The highest BCUT2D eigenvalue weighted by Crippen LogP contribution is 2.42. The second kappa shape index (κ2) is 6.07. The van der Waals surface area contributed by atoms with E-state index in [1.165, 1.54) is 11.1 Å². The van der Waals surface area contributed by atoms with Crippen molar-refractivity contribution in [3.63, 3.8) is 0 Å². The summed E-state index contributed by atoms with van der Waals surface area (Å²) in [6, 6.07) is 8.60. The van der Waals surface area contributed by atoms with Crippen molar-refractivity contribution >= 4 is 31.9 Å². The molecule has 21 heavy (non-hydrogen) atoms. The van der Waals surface area contributed by atoms with Crippen LogP contribution in [0, 0.1) is 6.92 Å². The van der Waals surface area contributed by atoms with Crippen molar-refractivity contribution in [2.24, 2.45) is 0 Å². The lowest BCUT2D eigenvalue weighted by atomic mass is 9.94. The van der Waals surface area contributed by atoms with Crippen LogP contribution in [-0.2, 0) is 0 Å². The predicted molar refractivity (Wildman–Crippen MR) is 90.6 cm³/mol. The van der Waals surface area contributed by atoms with Crippen LogP contribution in [0.4, 0.5) is 0 Å². The highest BCUT2D eigenvalue weighted by molar-refractivity contribution is 9.11. The molecule has 110 valence electrons. The van der Waals surface area contributed by atoms with E-state index in [-0.39, 0.29) is 12.1 Å². The molecular weight excluding hydrogens is 396 g/mol. The molecule has 2 atom stereocenters. The van der Waals surface area contributed by atoms with Gasteiger partial charge in [-0.2, -0.15) is 0 Å². The zero-order chi connectivity index (χ0) is 15.0. The first-order chi connectivity index (χ1) is 10.1. The third-order valence-electron chi connectivity index (χ3n) is 3.75. The number of pyridine rings is 1. The van der Waals surface area contributed by atoms with E-state index in [0.29, 0.717) is 0 Å². The molecule has 3 nitrogen and oxygen atoms in total. The van der Waals surface area contributed by atoms with Gasteiger partial charge in [-0.25, -0.2) is 0 Å². The Labute approximate surface area is 141 Å². The van der Waals surface area contributed by atoms with Crippen LogP contribution in [0.15, 0.2) is 39.4 Å². The largest absolute Gasteiger partial charge is 0.484 e. The molecule has 0 radical (unpaired) electrons. The third-order valence-corrected chi connectivity index (χ3v) is 4.82. The molecule has 0 aliphatic carbocycles. The van der Waals surface area contributed by atoms with E-state index in [1.807, 2.05) is 25.4 Å². The fraction of sp³-hybridized carbons (Fsp3) is 0.312. The molecule has 2 aromatic rings. The fourth-order valence-electron chi connectivity index (χ4n) is 2.69. The predicted octanol–water partition coefficient (Wildman–Crippen LogP) is 4.70. The van der Waals surface area contributed by atoms with Crippen molar-refractivity contribution in [3.05, 3.63) is 56.2 Å². The van der Waals surface area contributed by atoms with Crippen LogP contribution in [0.25, 0.3) is 0 Å². The summed E-state index contributed by atoms with van der Waals surface area (Å²) >= 11 is 7.02. The molecule has 0 saturated heterocycles. The van der Waals surface area contributed by atoms with Gasteiger partial charge in [0, 0.05) is 33.2 Å². The second-order valence-electron chi connectivity index (χ2n) is 5.25. The molecular formula is C16H16Br2N2O. The van der Waals surface area contributed by atoms with Gasteiger partial charge >= 0.3 is 0 Å². The third kappa shape index (κ3) is 3.00. The fourth-order valence-corrected chi connectivity index (χ4v) is 3.94. The van der Waals surface area contributed by atoms with Gasteiger partial charge in [-0.15, -0.1) is 0 Å². The molecule has 0 amide bonds. The molecule has 1 aromatic heterocycles. The second-order valence-corrected chi connectivity index (χ2v) is 7.02. The van der Waals surface area contributed by atoms with Crippen LogP contribution in [0.5, 0.6) is 5.75 Å². The zero-order valence-electron chi connectivity index (χ0n) is 11.9. The van der Waals surface area contributed by atoms with Gasteiger partial charge in [0.25, 0.3) is 0 Å². The van der Waals surface area contributed by atoms with E-state index in [2.05, 4.69) is 61.2 Å². The Morgan fingerprint density at radius 2 is 2.10 bits per heavy atom. The minimum atomic E-state index is -0.0554. The first-order valence-electron chi connectivity index (χ1n) is 6.84. The maximum atomic E-state index is 6.18. The summed E-state index contributed by atoms with van der Waals surface area (Å²) in [5.74, 6) is 0.938. The zero-order valence-corrected chi connectivity index (χ0v) is 15.0. The Balaban J connectivity index is 1.98. The van der Waals surface area contributed by atoms with Crippen LogP contribution in [-0.4, -0.2) is 12.0 Å². The maximum absolute atomic E-state index is 6.18. The summed E-state index contributed by atoms with van der Waals surface area (Å²) in [6.45, 7) is 2.10. The van der Waals surface area contributed by atoms with Gasteiger partial charge in [-0.05, 0) is 58.0 Å². The average Bonchev–Trinajstić information content (AvgIpc) is 2.46. The lowest BCUT2D eigenvalue weighted by molar-refractivity contribution is 0.149. The maximum Gasteiger partial charge on any atom is 0.143 e. The summed E-state index contributed by atoms with van der Waals surface area (Å²) in [6.07, 6.45) is 2.61. The average molecular weight is 412 g/mol. The van der Waals surface area contributed by atoms with Crippen molar-refractivity contribution < 1.29 is 4.74 Å². The van der Waals surface area contributed by atoms with Gasteiger partial charge in [-0.3, -0.25) is 4.98 Å². The Morgan fingerprint density at radius 1 is 1.29 bits per heavy atom. The Morgan fingerprint density at radius 3 is 2.81 bits per heavy atom. The molecule has 1 aliphatic rings. The Kier molecular flexibility index (Phi) is 4.33. The van der Waals surface area contributed by atoms with Crippen molar-refractivity contribution in [1.82, 2.24) is 10.3 Å². The molecule has 2 heterocycles. The summed E-state index contributed by atoms with van der Waals surface area (Å²) in [7, 11) is 1.99. The van der Waals surface area contributed by atoms with Crippen LogP contribution in [0.3, 0.4) is 0 Å². The van der Waals surface area contributed by atoms with Crippen LogP contribution in [0.2, 0.25) is 0 Å². The molecule has 1 N–H and O–H groups in total. The van der Waals surface area contributed by atoms with Gasteiger partial charge in [0.2, 0.25) is 0 Å². The van der Waals surface area contributed by atoms with E-state index in [1.54, 1.807) is 0 Å². The van der Waals surface area contributed by atoms with E-state index >= 15 is 0 Å². The summed E-state index contributed by atoms with van der Waals surface area (Å²) < 4.78 is 8.10. The summed E-state index contributed by atoms with van der Waals surface area (Å²) in [5.41, 5.74) is 3.41. The molecule has 0 saturated carbocycles. The number of halogens is 2. The molecule has 5 heteroatoms. The standard InChI is InChI=1S/C16H16Br2N2O/c1-9-3-4-14-11(5-9)13(19-2)7-15(21-14)16-12(18)6-10(17)8-20-16/h3-6,8,13,15,19H,7H2,1-2H3. The number of rotatable bonds is 2. The van der Waals surface area contributed by atoms with Gasteiger partial charge < -0.3 is 10.1 Å².